The van der Waals surface area contributed by atoms with Crippen LogP contribution in [-0.4, -0.2) is 33.7 Å². The highest BCUT2D eigenvalue weighted by Gasteiger charge is 2.20. The zero-order valence-electron chi connectivity index (χ0n) is 12.8. The van der Waals surface area contributed by atoms with Crippen LogP contribution in [0.25, 0.3) is 0 Å². The number of amides is 1. The molecule has 124 valence electrons. The number of hydrogen-bond acceptors (Lipinski definition) is 4. The van der Waals surface area contributed by atoms with Crippen molar-refractivity contribution in [2.75, 3.05) is 19.3 Å². The summed E-state index contributed by atoms with van der Waals surface area (Å²) in [4.78, 5) is 12.1. The number of nitrogens with one attached hydrogen (secondary N) is 2. The van der Waals surface area contributed by atoms with E-state index < -0.39 is 9.84 Å². The van der Waals surface area contributed by atoms with Crippen molar-refractivity contribution in [3.8, 4) is 0 Å². The SMILES string of the molecule is CC(NC(=O)CNCC1CC1)c1ccc(S(C)(=O)=O)cc1.Cl. The van der Waals surface area contributed by atoms with Gasteiger partial charge in [-0.15, -0.1) is 12.4 Å². The second-order valence-electron chi connectivity index (χ2n) is 5.70. The molecular formula is C15H23ClN2O3S. The zero-order chi connectivity index (χ0) is 15.5. The van der Waals surface area contributed by atoms with Crippen molar-refractivity contribution in [2.24, 2.45) is 5.92 Å². The summed E-state index contributed by atoms with van der Waals surface area (Å²) in [6.07, 6.45) is 3.70. The fourth-order valence-electron chi connectivity index (χ4n) is 2.09. The lowest BCUT2D eigenvalue weighted by Gasteiger charge is -2.15. The predicted octanol–water partition coefficient (Wildman–Crippen LogP) is 1.69. The quantitative estimate of drug-likeness (QED) is 0.787. The summed E-state index contributed by atoms with van der Waals surface area (Å²) in [7, 11) is -3.18. The number of carbonyl (C=O) groups is 1. The van der Waals surface area contributed by atoms with Crippen LogP contribution in [0.2, 0.25) is 0 Å². The monoisotopic (exact) mass is 346 g/mol. The summed E-state index contributed by atoms with van der Waals surface area (Å²) >= 11 is 0. The molecule has 0 heterocycles. The van der Waals surface area contributed by atoms with Gasteiger partial charge >= 0.3 is 0 Å². The molecule has 1 fully saturated rings. The minimum absolute atomic E-state index is 0. The lowest BCUT2D eigenvalue weighted by Crippen LogP contribution is -2.36. The highest BCUT2D eigenvalue weighted by molar-refractivity contribution is 7.90. The molecule has 7 heteroatoms. The molecule has 1 aliphatic rings. The van der Waals surface area contributed by atoms with Crippen molar-refractivity contribution >= 4 is 28.2 Å². The third-order valence-corrected chi connectivity index (χ3v) is 4.73. The van der Waals surface area contributed by atoms with Crippen molar-refractivity contribution in [3.05, 3.63) is 29.8 Å². The van der Waals surface area contributed by atoms with Gasteiger partial charge in [-0.05, 0) is 49.9 Å². The standard InChI is InChI=1S/C15H22N2O3S.ClH/c1-11(17-15(18)10-16-9-12-3-4-12)13-5-7-14(8-6-13)21(2,19)20;/h5-8,11-12,16H,3-4,9-10H2,1-2H3,(H,17,18);1H. The van der Waals surface area contributed by atoms with Crippen LogP contribution in [-0.2, 0) is 14.6 Å². The molecule has 1 aromatic rings. The van der Waals surface area contributed by atoms with E-state index in [2.05, 4.69) is 10.6 Å². The summed E-state index contributed by atoms with van der Waals surface area (Å²) in [6, 6.07) is 6.46. The van der Waals surface area contributed by atoms with Gasteiger partial charge in [0.1, 0.15) is 0 Å². The van der Waals surface area contributed by atoms with Gasteiger partial charge in [-0.2, -0.15) is 0 Å². The molecule has 0 radical (unpaired) electrons. The van der Waals surface area contributed by atoms with Crippen molar-refractivity contribution in [3.63, 3.8) is 0 Å². The molecule has 0 bridgehead atoms. The summed E-state index contributed by atoms with van der Waals surface area (Å²) in [5.74, 6) is 0.703. The first kappa shape index (κ1) is 18.9. The Morgan fingerprint density at radius 3 is 2.36 bits per heavy atom. The van der Waals surface area contributed by atoms with E-state index >= 15 is 0 Å². The number of halogens is 1. The predicted molar refractivity (Wildman–Crippen MR) is 89.0 cm³/mol. The number of rotatable bonds is 7. The van der Waals surface area contributed by atoms with Gasteiger partial charge in [0.05, 0.1) is 17.5 Å². The van der Waals surface area contributed by atoms with Gasteiger partial charge < -0.3 is 10.6 Å². The Morgan fingerprint density at radius 2 is 1.86 bits per heavy atom. The fraction of sp³-hybridized carbons (Fsp3) is 0.533. The van der Waals surface area contributed by atoms with E-state index in [4.69, 9.17) is 0 Å². The lowest BCUT2D eigenvalue weighted by molar-refractivity contribution is -0.120. The van der Waals surface area contributed by atoms with Crippen LogP contribution in [0.5, 0.6) is 0 Å². The van der Waals surface area contributed by atoms with Gasteiger partial charge in [0.15, 0.2) is 9.84 Å². The molecule has 1 saturated carbocycles. The van der Waals surface area contributed by atoms with Gasteiger partial charge in [-0.25, -0.2) is 8.42 Å². The van der Waals surface area contributed by atoms with Crippen LogP contribution in [0, 0.1) is 5.92 Å². The molecule has 0 saturated heterocycles. The lowest BCUT2D eigenvalue weighted by atomic mass is 10.1. The Labute approximate surface area is 138 Å². The molecule has 2 rings (SSSR count). The van der Waals surface area contributed by atoms with E-state index in [1.165, 1.54) is 19.1 Å². The van der Waals surface area contributed by atoms with Gasteiger partial charge in [0.25, 0.3) is 0 Å². The van der Waals surface area contributed by atoms with E-state index in [1.54, 1.807) is 24.3 Å². The largest absolute Gasteiger partial charge is 0.348 e. The second kappa shape index (κ2) is 7.94. The summed E-state index contributed by atoms with van der Waals surface area (Å²) in [5, 5.41) is 6.04. The first-order valence-corrected chi connectivity index (χ1v) is 9.05. The zero-order valence-corrected chi connectivity index (χ0v) is 14.5. The van der Waals surface area contributed by atoms with Gasteiger partial charge in [-0.1, -0.05) is 12.1 Å². The van der Waals surface area contributed by atoms with Crippen LogP contribution in [0.15, 0.2) is 29.2 Å². The highest BCUT2D eigenvalue weighted by atomic mass is 35.5. The van der Waals surface area contributed by atoms with Crippen molar-refractivity contribution in [1.82, 2.24) is 10.6 Å². The molecule has 0 aromatic heterocycles. The second-order valence-corrected chi connectivity index (χ2v) is 7.72. The molecular weight excluding hydrogens is 324 g/mol. The van der Waals surface area contributed by atoms with Crippen LogP contribution >= 0.6 is 12.4 Å². The molecule has 22 heavy (non-hydrogen) atoms. The van der Waals surface area contributed by atoms with Crippen LogP contribution in [0.1, 0.15) is 31.4 Å². The third-order valence-electron chi connectivity index (χ3n) is 3.60. The number of carbonyl (C=O) groups excluding carboxylic acids is 1. The average Bonchev–Trinajstić information content (AvgIpc) is 3.22. The molecule has 1 amide bonds. The molecule has 0 spiro atoms. The summed E-state index contributed by atoms with van der Waals surface area (Å²) in [6.45, 7) is 3.11. The first-order valence-electron chi connectivity index (χ1n) is 7.16. The van der Waals surface area contributed by atoms with Gasteiger partial charge in [0, 0.05) is 6.26 Å². The number of benzene rings is 1. The summed E-state index contributed by atoms with van der Waals surface area (Å²) in [5.41, 5.74) is 0.887. The normalized spacial score (nSPS) is 15.7. The molecule has 1 aromatic carbocycles. The molecule has 1 atom stereocenters. The van der Waals surface area contributed by atoms with Gasteiger partial charge in [0.2, 0.25) is 5.91 Å². The van der Waals surface area contributed by atoms with Crippen LogP contribution in [0.3, 0.4) is 0 Å². The Bertz CT molecular complexity index is 598. The minimum Gasteiger partial charge on any atom is -0.348 e. The van der Waals surface area contributed by atoms with Crippen molar-refractivity contribution in [1.29, 1.82) is 0 Å². The molecule has 2 N–H and O–H groups in total. The van der Waals surface area contributed by atoms with Crippen LogP contribution < -0.4 is 10.6 Å². The Balaban J connectivity index is 0.00000242. The Kier molecular flexibility index (Phi) is 6.84. The Hall–Kier alpha value is -1.11. The maximum atomic E-state index is 11.8. The fourth-order valence-corrected chi connectivity index (χ4v) is 2.72. The van der Waals surface area contributed by atoms with Crippen molar-refractivity contribution < 1.29 is 13.2 Å². The molecule has 5 nitrogen and oxygen atoms in total. The van der Waals surface area contributed by atoms with E-state index in [9.17, 15) is 13.2 Å². The van der Waals surface area contributed by atoms with E-state index in [1.807, 2.05) is 6.92 Å². The molecule has 0 aliphatic heterocycles. The maximum absolute atomic E-state index is 11.8. The number of sulfone groups is 1. The summed E-state index contributed by atoms with van der Waals surface area (Å²) < 4.78 is 22.8. The van der Waals surface area contributed by atoms with Crippen LogP contribution in [0.4, 0.5) is 0 Å². The maximum Gasteiger partial charge on any atom is 0.234 e. The molecule has 1 aliphatic carbocycles. The highest BCUT2D eigenvalue weighted by Crippen LogP contribution is 2.27. The van der Waals surface area contributed by atoms with E-state index in [0.717, 1.165) is 18.0 Å². The smallest absolute Gasteiger partial charge is 0.234 e. The third kappa shape index (κ3) is 5.94. The van der Waals surface area contributed by atoms with E-state index in [0.29, 0.717) is 6.54 Å². The first-order chi connectivity index (χ1) is 9.86. The van der Waals surface area contributed by atoms with E-state index in [-0.39, 0.29) is 29.3 Å². The Morgan fingerprint density at radius 1 is 1.27 bits per heavy atom. The van der Waals surface area contributed by atoms with Crippen molar-refractivity contribution in [2.45, 2.75) is 30.7 Å². The topological polar surface area (TPSA) is 75.3 Å². The minimum atomic E-state index is -3.18. The molecule has 1 unspecified atom stereocenters. The average molecular weight is 347 g/mol. The number of hydrogen-bond donors (Lipinski definition) is 2. The van der Waals surface area contributed by atoms with Gasteiger partial charge in [-0.3, -0.25) is 4.79 Å².